The van der Waals surface area contributed by atoms with Crippen LogP contribution in [0.15, 0.2) is 24.3 Å². The van der Waals surface area contributed by atoms with Crippen LogP contribution in [0.5, 0.6) is 0 Å². The molecular formula is C15H22N4O2. The Balaban J connectivity index is 2.10. The molecule has 1 saturated heterocycles. The molecule has 4 N–H and O–H groups in total. The number of hydrogen-bond donors (Lipinski definition) is 3. The van der Waals surface area contributed by atoms with Gasteiger partial charge in [-0.25, -0.2) is 4.79 Å². The molecule has 21 heavy (non-hydrogen) atoms. The number of nitrogens with zero attached hydrogens (tertiary/aromatic N) is 1. The molecule has 1 fully saturated rings. The second-order valence-electron chi connectivity index (χ2n) is 5.96. The fourth-order valence-corrected chi connectivity index (χ4v) is 2.10. The summed E-state index contributed by atoms with van der Waals surface area (Å²) in [5.74, 6) is -0.187. The molecule has 0 bridgehead atoms. The minimum absolute atomic E-state index is 0.123. The SMILES string of the molecule is CC(C)(N)CNC(=O)c1cccc(N2CCCNC2=O)c1. The first-order valence-electron chi connectivity index (χ1n) is 7.09. The van der Waals surface area contributed by atoms with Crippen molar-refractivity contribution in [3.05, 3.63) is 29.8 Å². The van der Waals surface area contributed by atoms with E-state index in [1.54, 1.807) is 23.1 Å². The number of anilines is 1. The average Bonchev–Trinajstić information content (AvgIpc) is 2.44. The second kappa shape index (κ2) is 6.13. The van der Waals surface area contributed by atoms with E-state index in [0.29, 0.717) is 25.2 Å². The maximum atomic E-state index is 12.1. The predicted molar refractivity (Wildman–Crippen MR) is 82.4 cm³/mol. The van der Waals surface area contributed by atoms with E-state index < -0.39 is 5.54 Å². The quantitative estimate of drug-likeness (QED) is 0.775. The first-order valence-corrected chi connectivity index (χ1v) is 7.09. The molecule has 1 heterocycles. The maximum Gasteiger partial charge on any atom is 0.321 e. The van der Waals surface area contributed by atoms with Gasteiger partial charge in [-0.3, -0.25) is 9.69 Å². The van der Waals surface area contributed by atoms with Crippen LogP contribution in [0, 0.1) is 0 Å². The van der Waals surface area contributed by atoms with Gasteiger partial charge in [-0.05, 0) is 38.5 Å². The van der Waals surface area contributed by atoms with Crippen molar-refractivity contribution in [3.8, 4) is 0 Å². The molecule has 0 aliphatic carbocycles. The summed E-state index contributed by atoms with van der Waals surface area (Å²) < 4.78 is 0. The Labute approximate surface area is 124 Å². The fourth-order valence-electron chi connectivity index (χ4n) is 2.10. The van der Waals surface area contributed by atoms with Crippen molar-refractivity contribution in [1.82, 2.24) is 10.6 Å². The van der Waals surface area contributed by atoms with E-state index in [9.17, 15) is 9.59 Å². The van der Waals surface area contributed by atoms with Gasteiger partial charge in [0.05, 0.1) is 0 Å². The van der Waals surface area contributed by atoms with E-state index in [4.69, 9.17) is 5.73 Å². The Morgan fingerprint density at radius 1 is 1.48 bits per heavy atom. The Morgan fingerprint density at radius 3 is 2.90 bits per heavy atom. The lowest BCUT2D eigenvalue weighted by molar-refractivity contribution is 0.0946. The zero-order valence-corrected chi connectivity index (χ0v) is 12.5. The van der Waals surface area contributed by atoms with Gasteiger partial charge in [-0.2, -0.15) is 0 Å². The lowest BCUT2D eigenvalue weighted by atomic mass is 10.1. The van der Waals surface area contributed by atoms with Gasteiger partial charge in [0, 0.05) is 36.4 Å². The number of urea groups is 1. The summed E-state index contributed by atoms with van der Waals surface area (Å²) in [6, 6.07) is 6.93. The van der Waals surface area contributed by atoms with Gasteiger partial charge < -0.3 is 16.4 Å². The van der Waals surface area contributed by atoms with Crippen LogP contribution in [0.1, 0.15) is 30.6 Å². The summed E-state index contributed by atoms with van der Waals surface area (Å²) in [4.78, 5) is 25.6. The van der Waals surface area contributed by atoms with Crippen molar-refractivity contribution in [2.45, 2.75) is 25.8 Å². The zero-order valence-electron chi connectivity index (χ0n) is 12.5. The van der Waals surface area contributed by atoms with Gasteiger partial charge in [0.1, 0.15) is 0 Å². The number of nitrogens with two attached hydrogens (primary N) is 1. The Bertz CT molecular complexity index is 537. The van der Waals surface area contributed by atoms with Crippen LogP contribution in [0.25, 0.3) is 0 Å². The first-order chi connectivity index (χ1) is 9.87. The lowest BCUT2D eigenvalue weighted by Gasteiger charge is -2.27. The summed E-state index contributed by atoms with van der Waals surface area (Å²) in [6.07, 6.45) is 0.892. The lowest BCUT2D eigenvalue weighted by Crippen LogP contribution is -2.46. The Hall–Kier alpha value is -2.08. The molecule has 6 heteroatoms. The number of rotatable bonds is 4. The molecule has 0 saturated carbocycles. The summed E-state index contributed by atoms with van der Waals surface area (Å²) in [7, 11) is 0. The molecule has 0 atom stereocenters. The third kappa shape index (κ3) is 4.19. The van der Waals surface area contributed by atoms with Gasteiger partial charge in [-0.15, -0.1) is 0 Å². The topological polar surface area (TPSA) is 87.5 Å². The van der Waals surface area contributed by atoms with Crippen LogP contribution in [0.3, 0.4) is 0 Å². The van der Waals surface area contributed by atoms with Crippen molar-refractivity contribution in [2.75, 3.05) is 24.5 Å². The molecule has 3 amide bonds. The Morgan fingerprint density at radius 2 is 2.24 bits per heavy atom. The van der Waals surface area contributed by atoms with Crippen LogP contribution in [0.2, 0.25) is 0 Å². The highest BCUT2D eigenvalue weighted by molar-refractivity contribution is 5.97. The molecule has 0 radical (unpaired) electrons. The minimum atomic E-state index is -0.458. The summed E-state index contributed by atoms with van der Waals surface area (Å²) in [5, 5.41) is 5.59. The smallest absolute Gasteiger partial charge is 0.321 e. The van der Waals surface area contributed by atoms with E-state index in [1.807, 2.05) is 19.9 Å². The van der Waals surface area contributed by atoms with Crippen LogP contribution in [-0.2, 0) is 0 Å². The van der Waals surface area contributed by atoms with Crippen LogP contribution in [0.4, 0.5) is 10.5 Å². The highest BCUT2D eigenvalue weighted by Gasteiger charge is 2.20. The number of nitrogens with one attached hydrogen (secondary N) is 2. The van der Waals surface area contributed by atoms with E-state index in [0.717, 1.165) is 12.1 Å². The molecule has 114 valence electrons. The molecule has 0 aromatic heterocycles. The number of carbonyl (C=O) groups excluding carboxylic acids is 2. The van der Waals surface area contributed by atoms with E-state index in [1.165, 1.54) is 0 Å². The molecule has 2 rings (SSSR count). The van der Waals surface area contributed by atoms with Crippen molar-refractivity contribution in [1.29, 1.82) is 0 Å². The fraction of sp³-hybridized carbons (Fsp3) is 0.467. The summed E-state index contributed by atoms with van der Waals surface area (Å²) in [6.45, 7) is 5.44. The molecule has 0 spiro atoms. The van der Waals surface area contributed by atoms with Crippen molar-refractivity contribution < 1.29 is 9.59 Å². The van der Waals surface area contributed by atoms with E-state index >= 15 is 0 Å². The molecule has 1 aliphatic heterocycles. The average molecular weight is 290 g/mol. The highest BCUT2D eigenvalue weighted by atomic mass is 16.2. The van der Waals surface area contributed by atoms with Crippen molar-refractivity contribution in [2.24, 2.45) is 5.73 Å². The molecule has 1 aromatic rings. The van der Waals surface area contributed by atoms with Gasteiger partial charge >= 0.3 is 6.03 Å². The number of benzene rings is 1. The minimum Gasteiger partial charge on any atom is -0.350 e. The normalized spacial score (nSPS) is 15.6. The standard InChI is InChI=1S/C15H22N4O2/c1-15(2,16)10-18-13(20)11-5-3-6-12(9-11)19-8-4-7-17-14(19)21/h3,5-6,9H,4,7-8,10,16H2,1-2H3,(H,17,21)(H,18,20). The second-order valence-corrected chi connectivity index (χ2v) is 5.96. The van der Waals surface area contributed by atoms with Crippen LogP contribution in [-0.4, -0.2) is 37.1 Å². The maximum absolute atomic E-state index is 12.1. The molecular weight excluding hydrogens is 268 g/mol. The highest BCUT2D eigenvalue weighted by Crippen LogP contribution is 2.18. The third-order valence-electron chi connectivity index (χ3n) is 3.20. The third-order valence-corrected chi connectivity index (χ3v) is 3.20. The van der Waals surface area contributed by atoms with Crippen molar-refractivity contribution in [3.63, 3.8) is 0 Å². The molecule has 1 aliphatic rings. The van der Waals surface area contributed by atoms with Crippen LogP contribution < -0.4 is 21.3 Å². The Kier molecular flexibility index (Phi) is 4.47. The van der Waals surface area contributed by atoms with Gasteiger partial charge in [0.25, 0.3) is 5.91 Å². The monoisotopic (exact) mass is 290 g/mol. The zero-order chi connectivity index (χ0) is 15.5. The van der Waals surface area contributed by atoms with Gasteiger partial charge in [-0.1, -0.05) is 6.07 Å². The summed E-state index contributed by atoms with van der Waals surface area (Å²) >= 11 is 0. The van der Waals surface area contributed by atoms with Gasteiger partial charge in [0.2, 0.25) is 0 Å². The van der Waals surface area contributed by atoms with Crippen LogP contribution >= 0.6 is 0 Å². The van der Waals surface area contributed by atoms with E-state index in [2.05, 4.69) is 10.6 Å². The summed E-state index contributed by atoms with van der Waals surface area (Å²) in [5.41, 5.74) is 6.64. The first kappa shape index (κ1) is 15.3. The predicted octanol–water partition coefficient (Wildman–Crippen LogP) is 1.07. The van der Waals surface area contributed by atoms with Crippen molar-refractivity contribution >= 4 is 17.6 Å². The van der Waals surface area contributed by atoms with E-state index in [-0.39, 0.29) is 11.9 Å². The van der Waals surface area contributed by atoms with Gasteiger partial charge in [0.15, 0.2) is 0 Å². The molecule has 6 nitrogen and oxygen atoms in total. The largest absolute Gasteiger partial charge is 0.350 e. The number of hydrogen-bond acceptors (Lipinski definition) is 3. The molecule has 1 aromatic carbocycles. The molecule has 0 unspecified atom stereocenters. The number of amides is 3. The number of carbonyl (C=O) groups is 2.